The van der Waals surface area contributed by atoms with Crippen LogP contribution >= 0.6 is 0 Å². The fourth-order valence-corrected chi connectivity index (χ4v) is 3.04. The Kier molecular flexibility index (Phi) is 4.01. The Morgan fingerprint density at radius 1 is 1.08 bits per heavy atom. The zero-order chi connectivity index (χ0) is 17.2. The Labute approximate surface area is 144 Å². The van der Waals surface area contributed by atoms with Gasteiger partial charge in [-0.25, -0.2) is 4.79 Å². The summed E-state index contributed by atoms with van der Waals surface area (Å²) >= 11 is 0. The highest BCUT2D eigenvalue weighted by atomic mass is 16.6. The summed E-state index contributed by atoms with van der Waals surface area (Å²) in [6, 6.07) is 14.9. The van der Waals surface area contributed by atoms with E-state index in [4.69, 9.17) is 14.2 Å². The van der Waals surface area contributed by atoms with Gasteiger partial charge in [0.1, 0.15) is 6.61 Å². The minimum atomic E-state index is -0.867. The molecule has 0 fully saturated rings. The Morgan fingerprint density at radius 3 is 2.72 bits per heavy atom. The quantitative estimate of drug-likeness (QED) is 0.800. The molecule has 0 aromatic heterocycles. The van der Waals surface area contributed by atoms with E-state index >= 15 is 0 Å². The minimum Gasteiger partial charge on any atom is -0.485 e. The van der Waals surface area contributed by atoms with Crippen molar-refractivity contribution in [3.63, 3.8) is 0 Å². The van der Waals surface area contributed by atoms with Gasteiger partial charge in [-0.2, -0.15) is 0 Å². The van der Waals surface area contributed by atoms with Crippen LogP contribution in [-0.2, 0) is 20.7 Å². The molecule has 25 heavy (non-hydrogen) atoms. The number of para-hydroxylation sites is 3. The van der Waals surface area contributed by atoms with Gasteiger partial charge in [0, 0.05) is 12.2 Å². The molecular weight excluding hydrogens is 322 g/mol. The standard InChI is InChI=1S/C19H17NO5/c21-18(20-10-9-13-5-1-2-6-14(13)20)12-24-19(22)17-11-23-15-7-3-4-8-16(15)25-17/h1-8,17H,9-12H2. The van der Waals surface area contributed by atoms with Crippen LogP contribution < -0.4 is 14.4 Å². The highest BCUT2D eigenvalue weighted by Crippen LogP contribution is 2.31. The third-order valence-corrected chi connectivity index (χ3v) is 4.30. The number of carbonyl (C=O) groups excluding carboxylic acids is 2. The molecule has 1 atom stereocenters. The third-order valence-electron chi connectivity index (χ3n) is 4.30. The first-order chi connectivity index (χ1) is 12.2. The summed E-state index contributed by atoms with van der Waals surface area (Å²) in [5.74, 6) is 0.248. The van der Waals surface area contributed by atoms with Crippen LogP contribution in [0.2, 0.25) is 0 Å². The zero-order valence-electron chi connectivity index (χ0n) is 13.5. The number of fused-ring (bicyclic) bond motifs is 2. The van der Waals surface area contributed by atoms with Crippen LogP contribution in [0.3, 0.4) is 0 Å². The summed E-state index contributed by atoms with van der Waals surface area (Å²) in [4.78, 5) is 26.2. The van der Waals surface area contributed by atoms with Crippen molar-refractivity contribution in [2.45, 2.75) is 12.5 Å². The van der Waals surface area contributed by atoms with Gasteiger partial charge < -0.3 is 19.1 Å². The van der Waals surface area contributed by atoms with Crippen molar-refractivity contribution in [3.05, 3.63) is 54.1 Å². The van der Waals surface area contributed by atoms with Gasteiger partial charge in [-0.1, -0.05) is 30.3 Å². The number of hydrogen-bond acceptors (Lipinski definition) is 5. The van der Waals surface area contributed by atoms with Crippen LogP contribution in [0.1, 0.15) is 5.56 Å². The summed E-state index contributed by atoms with van der Waals surface area (Å²) in [6.45, 7) is 0.359. The second-order valence-corrected chi connectivity index (χ2v) is 5.90. The fourth-order valence-electron chi connectivity index (χ4n) is 3.04. The van der Waals surface area contributed by atoms with Crippen LogP contribution in [0.5, 0.6) is 11.5 Å². The molecule has 6 heteroatoms. The van der Waals surface area contributed by atoms with Crippen LogP contribution in [-0.4, -0.2) is 37.7 Å². The number of nitrogens with zero attached hydrogens (tertiary/aromatic N) is 1. The molecule has 2 aromatic rings. The van der Waals surface area contributed by atoms with E-state index in [-0.39, 0.29) is 19.1 Å². The Morgan fingerprint density at radius 2 is 1.84 bits per heavy atom. The molecule has 0 aliphatic carbocycles. The van der Waals surface area contributed by atoms with Crippen molar-refractivity contribution in [2.75, 3.05) is 24.7 Å². The van der Waals surface area contributed by atoms with E-state index in [1.807, 2.05) is 30.3 Å². The molecule has 2 aromatic carbocycles. The van der Waals surface area contributed by atoms with E-state index in [2.05, 4.69) is 0 Å². The molecule has 1 unspecified atom stereocenters. The molecule has 0 radical (unpaired) electrons. The van der Waals surface area contributed by atoms with Crippen LogP contribution in [0.4, 0.5) is 5.69 Å². The number of ether oxygens (including phenoxy) is 3. The van der Waals surface area contributed by atoms with Gasteiger partial charge >= 0.3 is 5.97 Å². The molecule has 128 valence electrons. The van der Waals surface area contributed by atoms with E-state index in [0.29, 0.717) is 18.0 Å². The van der Waals surface area contributed by atoms with E-state index in [1.165, 1.54) is 0 Å². The van der Waals surface area contributed by atoms with Gasteiger partial charge in [0.15, 0.2) is 18.1 Å². The molecule has 0 spiro atoms. The summed E-state index contributed by atoms with van der Waals surface area (Å²) in [5.41, 5.74) is 2.01. The van der Waals surface area contributed by atoms with Gasteiger partial charge in [0.25, 0.3) is 5.91 Å². The predicted octanol–water partition coefficient (Wildman–Crippen LogP) is 1.96. The number of esters is 1. The van der Waals surface area contributed by atoms with E-state index < -0.39 is 12.1 Å². The first kappa shape index (κ1) is 15.5. The van der Waals surface area contributed by atoms with Crippen LogP contribution in [0, 0.1) is 0 Å². The van der Waals surface area contributed by atoms with E-state index in [9.17, 15) is 9.59 Å². The van der Waals surface area contributed by atoms with Crippen molar-refractivity contribution in [1.82, 2.24) is 0 Å². The van der Waals surface area contributed by atoms with E-state index in [0.717, 1.165) is 17.7 Å². The molecule has 0 bridgehead atoms. The highest BCUT2D eigenvalue weighted by Gasteiger charge is 2.30. The lowest BCUT2D eigenvalue weighted by atomic mass is 10.2. The monoisotopic (exact) mass is 339 g/mol. The fraction of sp³-hybridized carbons (Fsp3) is 0.263. The first-order valence-electron chi connectivity index (χ1n) is 8.16. The van der Waals surface area contributed by atoms with Gasteiger partial charge in [0.05, 0.1) is 0 Å². The van der Waals surface area contributed by atoms with Crippen molar-refractivity contribution in [2.24, 2.45) is 0 Å². The second-order valence-electron chi connectivity index (χ2n) is 5.90. The van der Waals surface area contributed by atoms with Crippen molar-refractivity contribution >= 4 is 17.6 Å². The van der Waals surface area contributed by atoms with Crippen molar-refractivity contribution < 1.29 is 23.8 Å². The van der Waals surface area contributed by atoms with Gasteiger partial charge in [0.2, 0.25) is 6.10 Å². The Hall–Kier alpha value is -3.02. The molecule has 4 rings (SSSR count). The summed E-state index contributed by atoms with van der Waals surface area (Å²) in [6.07, 6.45) is -0.0553. The SMILES string of the molecule is O=C(OCC(=O)N1CCc2ccccc21)C1COc2ccccc2O1. The van der Waals surface area contributed by atoms with Crippen LogP contribution in [0.15, 0.2) is 48.5 Å². The average molecular weight is 339 g/mol. The minimum absolute atomic E-state index is 0.0661. The number of amides is 1. The highest BCUT2D eigenvalue weighted by molar-refractivity contribution is 5.97. The summed E-state index contributed by atoms with van der Waals surface area (Å²) < 4.78 is 16.2. The lowest BCUT2D eigenvalue weighted by Crippen LogP contribution is -2.40. The largest absolute Gasteiger partial charge is 0.485 e. The first-order valence-corrected chi connectivity index (χ1v) is 8.16. The van der Waals surface area contributed by atoms with Crippen LogP contribution in [0.25, 0.3) is 0 Å². The average Bonchev–Trinajstić information content (AvgIpc) is 3.09. The number of benzene rings is 2. The summed E-state index contributed by atoms with van der Waals surface area (Å²) in [7, 11) is 0. The zero-order valence-corrected chi connectivity index (χ0v) is 13.5. The molecule has 0 N–H and O–H groups in total. The van der Waals surface area contributed by atoms with Gasteiger partial charge in [-0.05, 0) is 30.2 Å². The van der Waals surface area contributed by atoms with E-state index in [1.54, 1.807) is 23.1 Å². The number of anilines is 1. The van der Waals surface area contributed by atoms with Crippen molar-refractivity contribution in [3.8, 4) is 11.5 Å². The molecule has 1 amide bonds. The van der Waals surface area contributed by atoms with Gasteiger partial charge in [-0.3, -0.25) is 4.79 Å². The normalized spacial score (nSPS) is 17.8. The number of rotatable bonds is 3. The molecule has 2 aliphatic rings. The lowest BCUT2D eigenvalue weighted by Gasteiger charge is -2.25. The lowest BCUT2D eigenvalue weighted by molar-refractivity contribution is -0.157. The third kappa shape index (κ3) is 3.03. The maximum atomic E-state index is 12.4. The van der Waals surface area contributed by atoms with Crippen molar-refractivity contribution in [1.29, 1.82) is 0 Å². The number of carbonyl (C=O) groups is 2. The maximum Gasteiger partial charge on any atom is 0.351 e. The smallest absolute Gasteiger partial charge is 0.351 e. The predicted molar refractivity (Wildman–Crippen MR) is 89.8 cm³/mol. The second kappa shape index (κ2) is 6.47. The Bertz CT molecular complexity index is 819. The maximum absolute atomic E-state index is 12.4. The number of hydrogen-bond donors (Lipinski definition) is 0. The Balaban J connectivity index is 1.35. The molecule has 2 heterocycles. The molecule has 6 nitrogen and oxygen atoms in total. The molecule has 0 saturated carbocycles. The summed E-state index contributed by atoms with van der Waals surface area (Å²) in [5, 5.41) is 0. The molecule has 2 aliphatic heterocycles. The topological polar surface area (TPSA) is 65.1 Å². The van der Waals surface area contributed by atoms with Gasteiger partial charge in [-0.15, -0.1) is 0 Å². The molecular formula is C19H17NO5. The molecule has 0 saturated heterocycles.